The van der Waals surface area contributed by atoms with E-state index in [2.05, 4.69) is 34.8 Å². The third-order valence-electron chi connectivity index (χ3n) is 7.00. The topological polar surface area (TPSA) is 77.8 Å². The third kappa shape index (κ3) is 6.11. The van der Waals surface area contributed by atoms with Crippen molar-refractivity contribution in [3.8, 4) is 0 Å². The van der Waals surface area contributed by atoms with Crippen LogP contribution in [0.2, 0.25) is 0 Å². The van der Waals surface area contributed by atoms with E-state index in [-0.39, 0.29) is 12.5 Å². The van der Waals surface area contributed by atoms with E-state index in [0.717, 1.165) is 79.7 Å². The summed E-state index contributed by atoms with van der Waals surface area (Å²) in [5.74, 6) is 0.887. The number of fused-ring (bicyclic) bond motifs is 1. The maximum absolute atomic E-state index is 11.6. The number of aliphatic imine (C=N–C) groups is 1. The number of likely N-dealkylation sites (tertiary alicyclic amines) is 1. The molecule has 6 heteroatoms. The first-order valence-corrected chi connectivity index (χ1v) is 12.5. The van der Waals surface area contributed by atoms with Crippen molar-refractivity contribution in [1.29, 1.82) is 0 Å². The van der Waals surface area contributed by atoms with Gasteiger partial charge in [-0.1, -0.05) is 31.2 Å². The molecule has 2 aromatic rings. The van der Waals surface area contributed by atoms with Gasteiger partial charge in [-0.2, -0.15) is 0 Å². The van der Waals surface area contributed by atoms with Crippen molar-refractivity contribution in [3.63, 3.8) is 0 Å². The fourth-order valence-electron chi connectivity index (χ4n) is 4.99. The fraction of sp³-hybridized carbons (Fsp3) is 0.464. The van der Waals surface area contributed by atoms with Gasteiger partial charge in [0.25, 0.3) is 0 Å². The zero-order valence-electron chi connectivity index (χ0n) is 20.2. The monoisotopic (exact) mass is 460 g/mol. The maximum atomic E-state index is 11.6. The average Bonchev–Trinajstić information content (AvgIpc) is 2.81. The lowest BCUT2D eigenvalue weighted by atomic mass is 9.89. The fourth-order valence-corrected chi connectivity index (χ4v) is 4.99. The molecular weight excluding hydrogens is 424 g/mol. The van der Waals surface area contributed by atoms with Gasteiger partial charge in [-0.05, 0) is 74.3 Å². The van der Waals surface area contributed by atoms with Gasteiger partial charge >= 0.3 is 5.97 Å². The highest BCUT2D eigenvalue weighted by molar-refractivity contribution is 5.95. The number of benzene rings is 1. The molecular formula is C28H36N4O2. The molecule has 0 radical (unpaired) electrons. The van der Waals surface area contributed by atoms with Crippen LogP contribution in [0.3, 0.4) is 0 Å². The minimum atomic E-state index is -0.768. The van der Waals surface area contributed by atoms with Crippen LogP contribution in [0.15, 0.2) is 65.6 Å². The summed E-state index contributed by atoms with van der Waals surface area (Å²) < 4.78 is 0. The molecule has 3 heterocycles. The molecule has 1 saturated heterocycles. The summed E-state index contributed by atoms with van der Waals surface area (Å²) in [7, 11) is 0. The second kappa shape index (κ2) is 11.4. The van der Waals surface area contributed by atoms with Crippen LogP contribution in [0, 0.1) is 5.92 Å². The summed E-state index contributed by atoms with van der Waals surface area (Å²) in [5, 5.41) is 14.0. The van der Waals surface area contributed by atoms with Crippen LogP contribution < -0.4 is 5.32 Å². The predicted molar refractivity (Wildman–Crippen MR) is 138 cm³/mol. The molecule has 1 aromatic heterocycles. The Hall–Kier alpha value is -2.99. The van der Waals surface area contributed by atoms with Crippen LogP contribution >= 0.6 is 0 Å². The lowest BCUT2D eigenvalue weighted by Crippen LogP contribution is -2.48. The Morgan fingerprint density at radius 3 is 2.94 bits per heavy atom. The minimum absolute atomic E-state index is 0.106. The molecule has 1 fully saturated rings. The average molecular weight is 461 g/mol. The Bertz CT molecular complexity index is 1080. The number of para-hydroxylation sites is 1. The SMILES string of the molecule is C=CC(CCCCC1CN([C@@H](CC(=O)O)c2cnc3ccccc3c2)C1)=NC1=C(C)CCCN1. The lowest BCUT2D eigenvalue weighted by Gasteiger charge is -2.44. The van der Waals surface area contributed by atoms with Crippen molar-refractivity contribution in [2.24, 2.45) is 10.9 Å². The first-order valence-electron chi connectivity index (χ1n) is 12.5. The Morgan fingerprint density at radius 2 is 2.18 bits per heavy atom. The van der Waals surface area contributed by atoms with Gasteiger partial charge < -0.3 is 10.4 Å². The number of rotatable bonds is 11. The van der Waals surface area contributed by atoms with Gasteiger partial charge in [-0.25, -0.2) is 4.99 Å². The molecule has 0 bridgehead atoms. The number of aliphatic carboxylic acids is 1. The van der Waals surface area contributed by atoms with E-state index in [1.807, 2.05) is 36.5 Å². The molecule has 4 rings (SSSR count). The normalized spacial score (nSPS) is 18.4. The van der Waals surface area contributed by atoms with Crippen molar-refractivity contribution in [1.82, 2.24) is 15.2 Å². The van der Waals surface area contributed by atoms with E-state index in [0.29, 0.717) is 5.92 Å². The van der Waals surface area contributed by atoms with Gasteiger partial charge in [-0.3, -0.25) is 14.7 Å². The molecule has 0 amide bonds. The molecule has 2 aliphatic rings. The summed E-state index contributed by atoms with van der Waals surface area (Å²) in [6.07, 6.45) is 10.5. The Labute approximate surface area is 202 Å². The standard InChI is InChI=1S/C28H36N4O2/c1-3-24(31-28-20(2)9-8-14-29-28)12-6-4-10-21-18-32(19-21)26(16-27(33)34)23-15-22-11-5-7-13-25(22)30-17-23/h3,5,7,11,13,15,17,21,26,29H,1,4,6,8-10,12,14,16,18-19H2,2H3,(H,33,34)/t26-/m0/s1. The van der Waals surface area contributed by atoms with Crippen molar-refractivity contribution in [2.75, 3.05) is 19.6 Å². The molecule has 0 spiro atoms. The number of allylic oxidation sites excluding steroid dienone is 2. The molecule has 0 saturated carbocycles. The zero-order chi connectivity index (χ0) is 23.9. The number of hydrogen-bond donors (Lipinski definition) is 2. The van der Waals surface area contributed by atoms with Gasteiger partial charge in [0.2, 0.25) is 0 Å². The first kappa shape index (κ1) is 24.1. The van der Waals surface area contributed by atoms with E-state index >= 15 is 0 Å². The summed E-state index contributed by atoms with van der Waals surface area (Å²) in [5.41, 5.74) is 4.32. The molecule has 1 atom stereocenters. The van der Waals surface area contributed by atoms with Gasteiger partial charge in [0, 0.05) is 43.0 Å². The summed E-state index contributed by atoms with van der Waals surface area (Å²) in [4.78, 5) is 23.2. The van der Waals surface area contributed by atoms with E-state index < -0.39 is 5.97 Å². The quantitative estimate of drug-likeness (QED) is 0.343. The number of carboxylic acid groups (broad SMARTS) is 1. The molecule has 6 nitrogen and oxygen atoms in total. The number of aromatic nitrogens is 1. The number of unbranched alkanes of at least 4 members (excludes halogenated alkanes) is 1. The molecule has 0 aliphatic carbocycles. The van der Waals surface area contributed by atoms with E-state index in [1.165, 1.54) is 12.0 Å². The van der Waals surface area contributed by atoms with Crippen LogP contribution in [0.1, 0.15) is 63.5 Å². The van der Waals surface area contributed by atoms with Gasteiger partial charge in [-0.15, -0.1) is 0 Å². The predicted octanol–water partition coefficient (Wildman–Crippen LogP) is 5.48. The van der Waals surface area contributed by atoms with Crippen molar-refractivity contribution in [3.05, 3.63) is 66.1 Å². The lowest BCUT2D eigenvalue weighted by molar-refractivity contribution is -0.139. The molecule has 0 unspecified atom stereocenters. The molecule has 1 aromatic carbocycles. The van der Waals surface area contributed by atoms with Crippen LogP contribution in [-0.2, 0) is 4.79 Å². The Kier molecular flexibility index (Phi) is 8.12. The summed E-state index contributed by atoms with van der Waals surface area (Å²) in [6, 6.07) is 9.95. The Morgan fingerprint density at radius 1 is 1.35 bits per heavy atom. The number of hydrogen-bond acceptors (Lipinski definition) is 5. The number of nitrogens with zero attached hydrogens (tertiary/aromatic N) is 3. The first-order chi connectivity index (χ1) is 16.5. The van der Waals surface area contributed by atoms with Crippen LogP contribution in [-0.4, -0.2) is 46.3 Å². The van der Waals surface area contributed by atoms with Crippen molar-refractivity contribution in [2.45, 2.75) is 57.9 Å². The van der Waals surface area contributed by atoms with Gasteiger partial charge in [0.05, 0.1) is 11.9 Å². The number of carboxylic acids is 1. The van der Waals surface area contributed by atoms with Crippen LogP contribution in [0.4, 0.5) is 0 Å². The molecule has 2 N–H and O–H groups in total. The van der Waals surface area contributed by atoms with Gasteiger partial charge in [0.1, 0.15) is 5.82 Å². The minimum Gasteiger partial charge on any atom is -0.481 e. The molecule has 34 heavy (non-hydrogen) atoms. The Balaban J connectivity index is 1.27. The zero-order valence-corrected chi connectivity index (χ0v) is 20.2. The number of nitrogens with one attached hydrogen (secondary N) is 1. The van der Waals surface area contributed by atoms with Crippen LogP contribution in [0.25, 0.3) is 10.9 Å². The third-order valence-corrected chi connectivity index (χ3v) is 7.00. The van der Waals surface area contributed by atoms with Gasteiger partial charge in [0.15, 0.2) is 0 Å². The van der Waals surface area contributed by atoms with E-state index in [9.17, 15) is 9.90 Å². The van der Waals surface area contributed by atoms with Crippen molar-refractivity contribution < 1.29 is 9.90 Å². The van der Waals surface area contributed by atoms with E-state index in [4.69, 9.17) is 4.99 Å². The number of carbonyl (C=O) groups is 1. The summed E-state index contributed by atoms with van der Waals surface area (Å²) in [6.45, 7) is 9.00. The molecule has 180 valence electrons. The summed E-state index contributed by atoms with van der Waals surface area (Å²) >= 11 is 0. The maximum Gasteiger partial charge on any atom is 0.305 e. The smallest absolute Gasteiger partial charge is 0.305 e. The number of pyridine rings is 1. The largest absolute Gasteiger partial charge is 0.481 e. The van der Waals surface area contributed by atoms with Crippen LogP contribution in [0.5, 0.6) is 0 Å². The second-order valence-electron chi connectivity index (χ2n) is 9.61. The van der Waals surface area contributed by atoms with E-state index in [1.54, 1.807) is 0 Å². The highest BCUT2D eigenvalue weighted by Gasteiger charge is 2.34. The highest BCUT2D eigenvalue weighted by Crippen LogP contribution is 2.34. The van der Waals surface area contributed by atoms with Crippen molar-refractivity contribution >= 4 is 22.6 Å². The molecule has 2 aliphatic heterocycles. The highest BCUT2D eigenvalue weighted by atomic mass is 16.4. The second-order valence-corrected chi connectivity index (χ2v) is 9.61.